The van der Waals surface area contributed by atoms with Crippen LogP contribution in [0.15, 0.2) is 6.07 Å². The average Bonchev–Trinajstić information content (AvgIpc) is 2.77. The molecular formula is C17H28N2OS. The van der Waals surface area contributed by atoms with E-state index in [0.29, 0.717) is 18.2 Å². The van der Waals surface area contributed by atoms with Crippen molar-refractivity contribution >= 4 is 17.2 Å². The number of thiophene rings is 1. The number of nitrogens with two attached hydrogens (primary N) is 1. The Morgan fingerprint density at radius 3 is 2.90 bits per heavy atom. The summed E-state index contributed by atoms with van der Waals surface area (Å²) in [5.74, 6) is 0.787. The molecule has 1 amide bonds. The Hall–Kier alpha value is -0.870. The van der Waals surface area contributed by atoms with E-state index in [-0.39, 0.29) is 6.04 Å². The lowest BCUT2D eigenvalue weighted by molar-refractivity contribution is -0.133. The van der Waals surface area contributed by atoms with E-state index in [1.165, 1.54) is 15.3 Å². The lowest BCUT2D eigenvalue weighted by atomic mass is 9.92. The molecule has 1 aliphatic rings. The van der Waals surface area contributed by atoms with Gasteiger partial charge in [0, 0.05) is 35.3 Å². The van der Waals surface area contributed by atoms with Gasteiger partial charge in [-0.2, -0.15) is 0 Å². The normalized spacial score (nSPS) is 20.6. The molecule has 2 heterocycles. The Morgan fingerprint density at radius 1 is 1.52 bits per heavy atom. The van der Waals surface area contributed by atoms with Crippen LogP contribution in [0.5, 0.6) is 0 Å². The first-order chi connectivity index (χ1) is 9.97. The molecular weight excluding hydrogens is 280 g/mol. The second kappa shape index (κ2) is 7.41. The molecule has 118 valence electrons. The SMILES string of the molecule is Cc1cc(CCCC(=O)N2CCC[C@@H]([C@@H](C)N)C2)c(C)s1. The minimum atomic E-state index is 0.192. The molecule has 2 atom stereocenters. The number of nitrogens with zero attached hydrogens (tertiary/aromatic N) is 1. The maximum absolute atomic E-state index is 12.3. The highest BCUT2D eigenvalue weighted by molar-refractivity contribution is 7.12. The molecule has 2 rings (SSSR count). The van der Waals surface area contributed by atoms with Gasteiger partial charge in [-0.15, -0.1) is 11.3 Å². The van der Waals surface area contributed by atoms with Crippen molar-refractivity contribution in [1.82, 2.24) is 4.90 Å². The predicted octanol–water partition coefficient (Wildman–Crippen LogP) is 3.27. The molecule has 0 unspecified atom stereocenters. The molecule has 3 nitrogen and oxygen atoms in total. The Bertz CT molecular complexity index is 481. The van der Waals surface area contributed by atoms with Gasteiger partial charge in [-0.25, -0.2) is 0 Å². The molecule has 1 aliphatic heterocycles. The second-order valence-corrected chi connectivity index (χ2v) is 7.85. The van der Waals surface area contributed by atoms with Gasteiger partial charge in [-0.3, -0.25) is 4.79 Å². The van der Waals surface area contributed by atoms with Crippen LogP contribution in [0.2, 0.25) is 0 Å². The summed E-state index contributed by atoms with van der Waals surface area (Å²) in [5.41, 5.74) is 7.40. The summed E-state index contributed by atoms with van der Waals surface area (Å²) in [6, 6.07) is 2.45. The molecule has 4 heteroatoms. The molecule has 0 aliphatic carbocycles. The maximum atomic E-state index is 12.3. The monoisotopic (exact) mass is 308 g/mol. The zero-order valence-electron chi connectivity index (χ0n) is 13.5. The molecule has 21 heavy (non-hydrogen) atoms. The van der Waals surface area contributed by atoms with Crippen LogP contribution < -0.4 is 5.73 Å². The number of carbonyl (C=O) groups excluding carboxylic acids is 1. The minimum Gasteiger partial charge on any atom is -0.342 e. The Labute approximate surface area is 132 Å². The van der Waals surface area contributed by atoms with Gasteiger partial charge in [0.15, 0.2) is 0 Å². The highest BCUT2D eigenvalue weighted by Gasteiger charge is 2.25. The molecule has 1 aromatic heterocycles. The molecule has 1 fully saturated rings. The summed E-state index contributed by atoms with van der Waals surface area (Å²) in [6.07, 6.45) is 4.90. The van der Waals surface area contributed by atoms with Crippen LogP contribution in [0.25, 0.3) is 0 Å². The van der Waals surface area contributed by atoms with Crippen LogP contribution in [0, 0.1) is 19.8 Å². The quantitative estimate of drug-likeness (QED) is 0.907. The highest BCUT2D eigenvalue weighted by Crippen LogP contribution is 2.23. The number of amides is 1. The number of aryl methyl sites for hydroxylation is 3. The zero-order valence-corrected chi connectivity index (χ0v) is 14.3. The van der Waals surface area contributed by atoms with E-state index in [9.17, 15) is 4.79 Å². The zero-order chi connectivity index (χ0) is 15.4. The molecule has 0 spiro atoms. The van der Waals surface area contributed by atoms with Crippen molar-refractivity contribution in [2.45, 2.75) is 58.9 Å². The third kappa shape index (κ3) is 4.55. The van der Waals surface area contributed by atoms with E-state index in [4.69, 9.17) is 5.73 Å². The average molecular weight is 308 g/mol. The van der Waals surface area contributed by atoms with Crippen LogP contribution >= 0.6 is 11.3 Å². The van der Waals surface area contributed by atoms with Gasteiger partial charge in [-0.05, 0) is 64.0 Å². The summed E-state index contributed by atoms with van der Waals surface area (Å²) in [6.45, 7) is 8.15. The highest BCUT2D eigenvalue weighted by atomic mass is 32.1. The number of carbonyl (C=O) groups is 1. The van der Waals surface area contributed by atoms with E-state index in [1.54, 1.807) is 0 Å². The van der Waals surface area contributed by atoms with Crippen LogP contribution in [-0.2, 0) is 11.2 Å². The van der Waals surface area contributed by atoms with Gasteiger partial charge in [-0.1, -0.05) is 0 Å². The molecule has 0 saturated carbocycles. The Kier molecular flexibility index (Phi) is 5.82. The molecule has 2 N–H and O–H groups in total. The number of likely N-dealkylation sites (tertiary alicyclic amines) is 1. The fraction of sp³-hybridized carbons (Fsp3) is 0.706. The predicted molar refractivity (Wildman–Crippen MR) is 89.7 cm³/mol. The topological polar surface area (TPSA) is 46.3 Å². The van der Waals surface area contributed by atoms with Crippen molar-refractivity contribution in [3.63, 3.8) is 0 Å². The first kappa shape index (κ1) is 16.5. The van der Waals surface area contributed by atoms with Gasteiger partial charge in [0.1, 0.15) is 0 Å². The summed E-state index contributed by atoms with van der Waals surface area (Å²) in [4.78, 5) is 17.1. The number of rotatable bonds is 5. The van der Waals surface area contributed by atoms with Gasteiger partial charge >= 0.3 is 0 Å². The largest absolute Gasteiger partial charge is 0.342 e. The van der Waals surface area contributed by atoms with E-state index < -0.39 is 0 Å². The Balaban J connectivity index is 1.78. The van der Waals surface area contributed by atoms with Crippen LogP contribution in [0.3, 0.4) is 0 Å². The van der Waals surface area contributed by atoms with Gasteiger partial charge in [0.25, 0.3) is 0 Å². The number of hydrogen-bond acceptors (Lipinski definition) is 3. The Morgan fingerprint density at radius 2 is 2.29 bits per heavy atom. The van der Waals surface area contributed by atoms with Crippen molar-refractivity contribution in [2.75, 3.05) is 13.1 Å². The van der Waals surface area contributed by atoms with Gasteiger partial charge in [0.2, 0.25) is 5.91 Å². The summed E-state index contributed by atoms with van der Waals surface area (Å²) >= 11 is 1.85. The summed E-state index contributed by atoms with van der Waals surface area (Å²) < 4.78 is 0. The van der Waals surface area contributed by atoms with Crippen LogP contribution in [0.1, 0.15) is 47.9 Å². The van der Waals surface area contributed by atoms with Crippen molar-refractivity contribution in [1.29, 1.82) is 0 Å². The van der Waals surface area contributed by atoms with E-state index >= 15 is 0 Å². The lowest BCUT2D eigenvalue weighted by Gasteiger charge is -2.34. The van der Waals surface area contributed by atoms with Crippen LogP contribution in [-0.4, -0.2) is 29.9 Å². The second-order valence-electron chi connectivity index (χ2n) is 6.39. The van der Waals surface area contributed by atoms with Crippen molar-refractivity contribution in [3.05, 3.63) is 21.4 Å². The van der Waals surface area contributed by atoms with E-state index in [1.807, 2.05) is 16.2 Å². The molecule has 0 radical (unpaired) electrons. The standard InChI is InChI=1S/C17H28N2OS/c1-12-10-15(14(3)21-12)6-4-8-17(20)19-9-5-7-16(11-19)13(2)18/h10,13,16H,4-9,11,18H2,1-3H3/t13-,16-/m1/s1. The smallest absolute Gasteiger partial charge is 0.222 e. The molecule has 1 aromatic rings. The van der Waals surface area contributed by atoms with Crippen LogP contribution in [0.4, 0.5) is 0 Å². The van der Waals surface area contributed by atoms with Crippen molar-refractivity contribution in [2.24, 2.45) is 11.7 Å². The minimum absolute atomic E-state index is 0.192. The van der Waals surface area contributed by atoms with Gasteiger partial charge in [0.05, 0.1) is 0 Å². The lowest BCUT2D eigenvalue weighted by Crippen LogP contribution is -2.45. The van der Waals surface area contributed by atoms with E-state index in [0.717, 1.165) is 38.8 Å². The molecule has 0 aromatic carbocycles. The summed E-state index contributed by atoms with van der Waals surface area (Å²) in [7, 11) is 0. The fourth-order valence-electron chi connectivity index (χ4n) is 3.19. The van der Waals surface area contributed by atoms with Crippen molar-refractivity contribution in [3.8, 4) is 0 Å². The molecule has 1 saturated heterocycles. The first-order valence-electron chi connectivity index (χ1n) is 8.06. The number of hydrogen-bond donors (Lipinski definition) is 1. The maximum Gasteiger partial charge on any atom is 0.222 e. The molecule has 0 bridgehead atoms. The fourth-order valence-corrected chi connectivity index (χ4v) is 4.16. The number of piperidine rings is 1. The van der Waals surface area contributed by atoms with Crippen molar-refractivity contribution < 1.29 is 4.79 Å². The first-order valence-corrected chi connectivity index (χ1v) is 8.88. The van der Waals surface area contributed by atoms with E-state index in [2.05, 4.69) is 26.8 Å². The third-order valence-corrected chi connectivity index (χ3v) is 5.54. The third-order valence-electron chi connectivity index (χ3n) is 4.53. The van der Waals surface area contributed by atoms with Gasteiger partial charge < -0.3 is 10.6 Å². The summed E-state index contributed by atoms with van der Waals surface area (Å²) in [5, 5.41) is 0.